The second kappa shape index (κ2) is 6.88. The van der Waals surface area contributed by atoms with Crippen molar-refractivity contribution in [1.82, 2.24) is 9.78 Å². The molecule has 3 rings (SSSR count). The van der Waals surface area contributed by atoms with Crippen molar-refractivity contribution >= 4 is 29.2 Å². The molecule has 1 aromatic carbocycles. The summed E-state index contributed by atoms with van der Waals surface area (Å²) >= 11 is 5.88. The lowest BCUT2D eigenvalue weighted by Crippen LogP contribution is -2.15. The van der Waals surface area contributed by atoms with E-state index >= 15 is 0 Å². The summed E-state index contributed by atoms with van der Waals surface area (Å²) in [7, 11) is 0. The van der Waals surface area contributed by atoms with Crippen molar-refractivity contribution in [1.29, 1.82) is 0 Å². The summed E-state index contributed by atoms with van der Waals surface area (Å²) in [5.41, 5.74) is 1.73. The van der Waals surface area contributed by atoms with Gasteiger partial charge in [-0.05, 0) is 30.5 Å². The Morgan fingerprint density at radius 3 is 2.71 bits per heavy atom. The number of hydrogen-bond donors (Lipinski definition) is 2. The van der Waals surface area contributed by atoms with Crippen LogP contribution in [0.5, 0.6) is 0 Å². The number of carbonyl (C=O) groups is 2. The van der Waals surface area contributed by atoms with Crippen LogP contribution in [0.2, 0.25) is 5.02 Å². The minimum atomic E-state index is -1.07. The molecule has 0 amide bonds. The molecule has 1 aromatic heterocycles. The molecule has 0 aliphatic heterocycles. The van der Waals surface area contributed by atoms with Gasteiger partial charge in [0.25, 0.3) is 0 Å². The van der Waals surface area contributed by atoms with Crippen molar-refractivity contribution in [3.05, 3.63) is 58.4 Å². The normalized spacial score (nSPS) is 14.4. The number of carbonyl (C=O) groups excluding carboxylic acids is 1. The maximum absolute atomic E-state index is 11.6. The Morgan fingerprint density at radius 1 is 1.29 bits per heavy atom. The fraction of sp³-hybridized carbons (Fsp3) is 0.235. The van der Waals surface area contributed by atoms with Crippen molar-refractivity contribution in [2.75, 3.05) is 5.32 Å². The Kier molecular flexibility index (Phi) is 4.66. The first-order chi connectivity index (χ1) is 11.5. The minimum absolute atomic E-state index is 0.0457. The smallest absolute Gasteiger partial charge is 0.341 e. The van der Waals surface area contributed by atoms with Crippen LogP contribution in [-0.2, 0) is 11.3 Å². The molecule has 24 heavy (non-hydrogen) atoms. The molecular weight excluding hydrogens is 330 g/mol. The summed E-state index contributed by atoms with van der Waals surface area (Å²) in [4.78, 5) is 23.0. The van der Waals surface area contributed by atoms with Gasteiger partial charge >= 0.3 is 5.97 Å². The molecule has 1 aliphatic rings. The number of anilines is 1. The average Bonchev–Trinajstić information content (AvgIpc) is 2.92. The fourth-order valence-electron chi connectivity index (χ4n) is 2.60. The number of carboxylic acids is 1. The number of aromatic nitrogens is 2. The molecule has 124 valence electrons. The average molecular weight is 346 g/mol. The first-order valence-electron chi connectivity index (χ1n) is 7.57. The predicted octanol–water partition coefficient (Wildman–Crippen LogP) is 3.33. The van der Waals surface area contributed by atoms with Gasteiger partial charge < -0.3 is 10.4 Å². The summed E-state index contributed by atoms with van der Waals surface area (Å²) in [5.74, 6) is -0.648. The van der Waals surface area contributed by atoms with Gasteiger partial charge in [-0.1, -0.05) is 23.7 Å². The Balaban J connectivity index is 1.90. The largest absolute Gasteiger partial charge is 0.477 e. The third-order valence-corrected chi connectivity index (χ3v) is 4.05. The van der Waals surface area contributed by atoms with Gasteiger partial charge in [0.05, 0.1) is 12.7 Å². The number of benzene rings is 1. The lowest BCUT2D eigenvalue weighted by molar-refractivity contribution is -0.115. The highest BCUT2D eigenvalue weighted by Crippen LogP contribution is 2.23. The first kappa shape index (κ1) is 16.3. The van der Waals surface area contributed by atoms with Gasteiger partial charge in [-0.2, -0.15) is 5.10 Å². The van der Waals surface area contributed by atoms with E-state index in [2.05, 4.69) is 10.4 Å². The molecule has 2 N–H and O–H groups in total. The van der Waals surface area contributed by atoms with E-state index in [4.69, 9.17) is 11.6 Å². The molecule has 1 aliphatic carbocycles. The quantitative estimate of drug-likeness (QED) is 0.868. The van der Waals surface area contributed by atoms with Gasteiger partial charge in [0, 0.05) is 23.2 Å². The highest BCUT2D eigenvalue weighted by Gasteiger charge is 2.19. The number of hydrogen-bond acceptors (Lipinski definition) is 4. The van der Waals surface area contributed by atoms with Crippen molar-refractivity contribution < 1.29 is 14.7 Å². The van der Waals surface area contributed by atoms with E-state index in [1.54, 1.807) is 16.8 Å². The highest BCUT2D eigenvalue weighted by molar-refractivity contribution is 6.30. The molecule has 1 heterocycles. The van der Waals surface area contributed by atoms with Gasteiger partial charge in [0.1, 0.15) is 11.4 Å². The number of nitrogens with one attached hydrogen (secondary N) is 1. The lowest BCUT2D eigenvalue weighted by Gasteiger charge is -2.16. The second-order valence-electron chi connectivity index (χ2n) is 5.61. The maximum Gasteiger partial charge on any atom is 0.341 e. The van der Waals surface area contributed by atoms with Crippen LogP contribution in [0.1, 0.15) is 35.2 Å². The third kappa shape index (κ3) is 3.65. The molecule has 0 radical (unpaired) electrons. The number of halogens is 1. The molecule has 0 unspecified atom stereocenters. The summed E-state index contributed by atoms with van der Waals surface area (Å²) in [5, 5.41) is 17.2. The van der Waals surface area contributed by atoms with Crippen LogP contribution in [-0.4, -0.2) is 26.6 Å². The van der Waals surface area contributed by atoms with E-state index in [-0.39, 0.29) is 11.3 Å². The van der Waals surface area contributed by atoms with Gasteiger partial charge in [-0.3, -0.25) is 4.79 Å². The van der Waals surface area contributed by atoms with E-state index in [0.29, 0.717) is 35.9 Å². The molecule has 0 saturated carbocycles. The van der Waals surface area contributed by atoms with Crippen LogP contribution in [0.25, 0.3) is 0 Å². The van der Waals surface area contributed by atoms with Crippen LogP contribution < -0.4 is 5.32 Å². The van der Waals surface area contributed by atoms with Crippen LogP contribution >= 0.6 is 11.6 Å². The molecule has 0 fully saturated rings. The van der Waals surface area contributed by atoms with Crippen LogP contribution in [0, 0.1) is 0 Å². The Labute approximate surface area is 143 Å². The zero-order valence-corrected chi connectivity index (χ0v) is 13.6. The first-order valence-corrected chi connectivity index (χ1v) is 7.94. The molecule has 0 bridgehead atoms. The van der Waals surface area contributed by atoms with E-state index in [1.807, 2.05) is 12.1 Å². The Hall–Kier alpha value is -2.60. The van der Waals surface area contributed by atoms with Crippen molar-refractivity contribution in [3.8, 4) is 0 Å². The Bertz CT molecular complexity index is 809. The summed E-state index contributed by atoms with van der Waals surface area (Å²) in [6.07, 6.45) is 4.84. The molecular formula is C17H16ClN3O3. The van der Waals surface area contributed by atoms with Crippen molar-refractivity contribution in [2.24, 2.45) is 0 Å². The lowest BCUT2D eigenvalue weighted by atomic mass is 10.0. The number of rotatable bonds is 5. The second-order valence-corrected chi connectivity index (χ2v) is 6.05. The fourth-order valence-corrected chi connectivity index (χ4v) is 2.72. The molecule has 0 atom stereocenters. The van der Waals surface area contributed by atoms with Crippen molar-refractivity contribution in [2.45, 2.75) is 25.8 Å². The van der Waals surface area contributed by atoms with Crippen LogP contribution in [0.3, 0.4) is 0 Å². The third-order valence-electron chi connectivity index (χ3n) is 3.80. The van der Waals surface area contributed by atoms with Crippen molar-refractivity contribution in [3.63, 3.8) is 0 Å². The molecule has 0 spiro atoms. The van der Waals surface area contributed by atoms with E-state index in [0.717, 1.165) is 12.0 Å². The standard InChI is InChI=1S/C17H16ClN3O3/c18-12-6-4-11(5-7-12)10-21-16(15(9-19-21)17(23)24)20-13-2-1-3-14(22)8-13/h4-9,20H,1-3,10H2,(H,23,24). The molecule has 2 aromatic rings. The summed E-state index contributed by atoms with van der Waals surface area (Å²) in [6.45, 7) is 0.397. The van der Waals surface area contributed by atoms with Crippen LogP contribution in [0.4, 0.5) is 5.82 Å². The van der Waals surface area contributed by atoms with Gasteiger partial charge in [-0.25, -0.2) is 9.48 Å². The topological polar surface area (TPSA) is 84.2 Å². The van der Waals surface area contributed by atoms with E-state index in [1.165, 1.54) is 12.3 Å². The highest BCUT2D eigenvalue weighted by atomic mass is 35.5. The monoisotopic (exact) mass is 345 g/mol. The maximum atomic E-state index is 11.6. The van der Waals surface area contributed by atoms with E-state index < -0.39 is 5.97 Å². The van der Waals surface area contributed by atoms with E-state index in [9.17, 15) is 14.7 Å². The SMILES string of the molecule is O=C1C=C(Nc2c(C(=O)O)cnn2Cc2ccc(Cl)cc2)CCC1. The number of ketones is 1. The zero-order valence-electron chi connectivity index (χ0n) is 12.8. The van der Waals surface area contributed by atoms with Gasteiger partial charge in [0.2, 0.25) is 0 Å². The predicted molar refractivity (Wildman–Crippen MR) is 90.3 cm³/mol. The van der Waals surface area contributed by atoms with Gasteiger partial charge in [-0.15, -0.1) is 0 Å². The molecule has 7 heteroatoms. The van der Waals surface area contributed by atoms with Gasteiger partial charge in [0.15, 0.2) is 5.78 Å². The number of allylic oxidation sites excluding steroid dienone is 2. The number of nitrogens with zero attached hydrogens (tertiary/aromatic N) is 2. The van der Waals surface area contributed by atoms with Crippen LogP contribution in [0.15, 0.2) is 42.2 Å². The molecule has 6 nitrogen and oxygen atoms in total. The summed E-state index contributed by atoms with van der Waals surface area (Å²) in [6, 6.07) is 7.26. The Morgan fingerprint density at radius 2 is 2.04 bits per heavy atom. The molecule has 0 saturated heterocycles. The number of aromatic carboxylic acids is 1. The zero-order chi connectivity index (χ0) is 17.1. The minimum Gasteiger partial charge on any atom is -0.477 e. The number of carboxylic acid groups (broad SMARTS) is 1. The summed E-state index contributed by atoms with van der Waals surface area (Å²) < 4.78 is 1.58.